The molecule has 0 aliphatic carbocycles. The van der Waals surface area contributed by atoms with Gasteiger partial charge in [-0.1, -0.05) is 12.1 Å². The van der Waals surface area contributed by atoms with E-state index in [-0.39, 0.29) is 11.7 Å². The Hall–Kier alpha value is -2.10. The number of nitrogens with one attached hydrogen (secondary N) is 2. The van der Waals surface area contributed by atoms with Crippen molar-refractivity contribution in [1.29, 1.82) is 0 Å². The monoisotopic (exact) mass is 246 g/mol. The molecule has 0 radical (unpaired) electrons. The predicted octanol–water partition coefficient (Wildman–Crippen LogP) is 2.32. The summed E-state index contributed by atoms with van der Waals surface area (Å²) >= 11 is 0. The average Bonchev–Trinajstić information content (AvgIpc) is 2.72. The summed E-state index contributed by atoms with van der Waals surface area (Å²) in [5.74, 6) is -0.360. The van der Waals surface area contributed by atoms with E-state index in [1.807, 2.05) is 19.2 Å². The van der Waals surface area contributed by atoms with Crippen molar-refractivity contribution in [2.24, 2.45) is 0 Å². The van der Waals surface area contributed by atoms with E-state index in [1.165, 1.54) is 12.1 Å². The molecule has 0 spiro atoms. The highest BCUT2D eigenvalue weighted by Crippen LogP contribution is 2.05. The quantitative estimate of drug-likeness (QED) is 0.854. The fraction of sp³-hybridized carbons (Fsp3) is 0.214. The molecule has 1 aromatic heterocycles. The molecule has 0 atom stereocenters. The summed E-state index contributed by atoms with van der Waals surface area (Å²) < 4.78 is 12.9. The van der Waals surface area contributed by atoms with Gasteiger partial charge in [-0.3, -0.25) is 4.79 Å². The van der Waals surface area contributed by atoms with Gasteiger partial charge in [0.05, 0.1) is 6.42 Å². The molecule has 3 nitrogen and oxygen atoms in total. The zero-order valence-corrected chi connectivity index (χ0v) is 10.2. The summed E-state index contributed by atoms with van der Waals surface area (Å²) in [4.78, 5) is 14.7. The molecule has 2 aromatic rings. The molecule has 0 fully saturated rings. The summed E-state index contributed by atoms with van der Waals surface area (Å²) in [7, 11) is 0. The van der Waals surface area contributed by atoms with E-state index < -0.39 is 0 Å². The third kappa shape index (κ3) is 3.45. The van der Waals surface area contributed by atoms with Crippen LogP contribution in [-0.2, 0) is 17.8 Å². The lowest BCUT2D eigenvalue weighted by atomic mass is 10.2. The number of rotatable bonds is 4. The maximum absolute atomic E-state index is 12.9. The van der Waals surface area contributed by atoms with Crippen LogP contribution >= 0.6 is 0 Å². The maximum atomic E-state index is 12.9. The van der Waals surface area contributed by atoms with Crippen LogP contribution in [0.4, 0.5) is 4.39 Å². The van der Waals surface area contributed by atoms with Crippen LogP contribution in [0.15, 0.2) is 36.5 Å². The Kier molecular flexibility index (Phi) is 3.77. The van der Waals surface area contributed by atoms with Gasteiger partial charge in [0.2, 0.25) is 5.91 Å². The van der Waals surface area contributed by atoms with Crippen LogP contribution in [0.2, 0.25) is 0 Å². The number of aromatic nitrogens is 1. The molecule has 1 heterocycles. The van der Waals surface area contributed by atoms with Gasteiger partial charge >= 0.3 is 0 Å². The second-order valence-electron chi connectivity index (χ2n) is 4.27. The molecule has 94 valence electrons. The van der Waals surface area contributed by atoms with Crippen LogP contribution in [0.5, 0.6) is 0 Å². The zero-order valence-electron chi connectivity index (χ0n) is 10.2. The summed E-state index contributed by atoms with van der Waals surface area (Å²) in [5, 5.41) is 2.76. The number of benzene rings is 1. The van der Waals surface area contributed by atoms with E-state index in [4.69, 9.17) is 0 Å². The Labute approximate surface area is 105 Å². The number of hydrogen-bond donors (Lipinski definition) is 2. The summed E-state index contributed by atoms with van der Waals surface area (Å²) in [6.07, 6.45) is 2.15. The molecular formula is C14H15FN2O. The molecule has 1 amide bonds. The minimum Gasteiger partial charge on any atom is -0.365 e. The van der Waals surface area contributed by atoms with Gasteiger partial charge in [-0.25, -0.2) is 4.39 Å². The highest BCUT2D eigenvalue weighted by atomic mass is 19.1. The molecule has 0 unspecified atom stereocenters. The van der Waals surface area contributed by atoms with Crippen LogP contribution < -0.4 is 5.32 Å². The SMILES string of the molecule is Cc1cc(CC(=O)NCc2cccc(F)c2)c[nH]1. The number of H-pyrrole nitrogens is 1. The van der Waals surface area contributed by atoms with Crippen molar-refractivity contribution in [2.75, 3.05) is 0 Å². The Morgan fingerprint density at radius 3 is 2.83 bits per heavy atom. The normalized spacial score (nSPS) is 10.3. The van der Waals surface area contributed by atoms with Gasteiger partial charge in [-0.2, -0.15) is 0 Å². The van der Waals surface area contributed by atoms with Gasteiger partial charge in [0.15, 0.2) is 0 Å². The molecule has 0 saturated heterocycles. The lowest BCUT2D eigenvalue weighted by Crippen LogP contribution is -2.24. The van der Waals surface area contributed by atoms with E-state index in [1.54, 1.807) is 12.1 Å². The topological polar surface area (TPSA) is 44.9 Å². The first-order valence-electron chi connectivity index (χ1n) is 5.78. The molecule has 0 aliphatic rings. The molecule has 0 aliphatic heterocycles. The largest absolute Gasteiger partial charge is 0.365 e. The standard InChI is InChI=1S/C14H15FN2O/c1-10-5-12(9-16-10)7-14(18)17-8-11-3-2-4-13(15)6-11/h2-6,9,16H,7-8H2,1H3,(H,17,18). The van der Waals surface area contributed by atoms with Crippen LogP contribution in [-0.4, -0.2) is 10.9 Å². The van der Waals surface area contributed by atoms with Gasteiger partial charge in [0.1, 0.15) is 5.82 Å². The van der Waals surface area contributed by atoms with Crippen molar-refractivity contribution >= 4 is 5.91 Å². The Balaban J connectivity index is 1.85. The minimum atomic E-state index is -0.289. The highest BCUT2D eigenvalue weighted by Gasteiger charge is 2.04. The number of carbonyl (C=O) groups excluding carboxylic acids is 1. The zero-order chi connectivity index (χ0) is 13.0. The molecule has 0 bridgehead atoms. The maximum Gasteiger partial charge on any atom is 0.224 e. The van der Waals surface area contributed by atoms with Crippen molar-refractivity contribution in [1.82, 2.24) is 10.3 Å². The van der Waals surface area contributed by atoms with Crippen LogP contribution in [0, 0.1) is 12.7 Å². The van der Waals surface area contributed by atoms with Crippen LogP contribution in [0.1, 0.15) is 16.8 Å². The number of aryl methyl sites for hydroxylation is 1. The summed E-state index contributed by atoms with van der Waals surface area (Å²) in [6, 6.07) is 8.15. The van der Waals surface area contributed by atoms with E-state index in [2.05, 4.69) is 10.3 Å². The number of aromatic amines is 1. The summed E-state index contributed by atoms with van der Waals surface area (Å²) in [6.45, 7) is 2.29. The number of amides is 1. The molecular weight excluding hydrogens is 231 g/mol. The van der Waals surface area contributed by atoms with Gasteiger partial charge < -0.3 is 10.3 Å². The molecule has 1 aromatic carbocycles. The van der Waals surface area contributed by atoms with Crippen molar-refractivity contribution in [3.63, 3.8) is 0 Å². The van der Waals surface area contributed by atoms with Gasteiger partial charge in [-0.05, 0) is 36.2 Å². The molecule has 2 rings (SSSR count). The fourth-order valence-corrected chi connectivity index (χ4v) is 1.77. The minimum absolute atomic E-state index is 0.0711. The van der Waals surface area contributed by atoms with Crippen LogP contribution in [0.25, 0.3) is 0 Å². The Morgan fingerprint density at radius 2 is 2.17 bits per heavy atom. The fourth-order valence-electron chi connectivity index (χ4n) is 1.77. The second kappa shape index (κ2) is 5.49. The highest BCUT2D eigenvalue weighted by molar-refractivity contribution is 5.78. The molecule has 4 heteroatoms. The van der Waals surface area contributed by atoms with Crippen LogP contribution in [0.3, 0.4) is 0 Å². The summed E-state index contributed by atoms with van der Waals surface area (Å²) in [5.41, 5.74) is 2.74. The van der Waals surface area contributed by atoms with Crippen molar-refractivity contribution in [3.8, 4) is 0 Å². The first-order chi connectivity index (χ1) is 8.63. The van der Waals surface area contributed by atoms with Gasteiger partial charge in [0, 0.05) is 18.4 Å². The number of carbonyl (C=O) groups is 1. The lowest BCUT2D eigenvalue weighted by Gasteiger charge is -2.04. The Bertz CT molecular complexity index is 548. The predicted molar refractivity (Wildman–Crippen MR) is 67.5 cm³/mol. The Morgan fingerprint density at radius 1 is 1.33 bits per heavy atom. The second-order valence-corrected chi connectivity index (χ2v) is 4.27. The van der Waals surface area contributed by atoms with E-state index >= 15 is 0 Å². The first kappa shape index (κ1) is 12.4. The van der Waals surface area contributed by atoms with Crippen molar-refractivity contribution in [2.45, 2.75) is 19.9 Å². The molecule has 18 heavy (non-hydrogen) atoms. The van der Waals surface area contributed by atoms with E-state index in [0.717, 1.165) is 16.8 Å². The third-order valence-electron chi connectivity index (χ3n) is 2.63. The smallest absolute Gasteiger partial charge is 0.224 e. The van der Waals surface area contributed by atoms with E-state index in [0.29, 0.717) is 13.0 Å². The third-order valence-corrected chi connectivity index (χ3v) is 2.63. The van der Waals surface area contributed by atoms with Gasteiger partial charge in [-0.15, -0.1) is 0 Å². The average molecular weight is 246 g/mol. The molecule has 2 N–H and O–H groups in total. The number of hydrogen-bond acceptors (Lipinski definition) is 1. The molecule has 0 saturated carbocycles. The first-order valence-corrected chi connectivity index (χ1v) is 5.78. The van der Waals surface area contributed by atoms with E-state index in [9.17, 15) is 9.18 Å². The van der Waals surface area contributed by atoms with Crippen molar-refractivity contribution in [3.05, 3.63) is 59.2 Å². The van der Waals surface area contributed by atoms with Crippen molar-refractivity contribution < 1.29 is 9.18 Å². The lowest BCUT2D eigenvalue weighted by molar-refractivity contribution is -0.120. The van der Waals surface area contributed by atoms with Gasteiger partial charge in [0.25, 0.3) is 0 Å². The number of halogens is 1.